The number of aromatic nitrogens is 5. The maximum absolute atomic E-state index is 11.3. The fourth-order valence-corrected chi connectivity index (χ4v) is 4.01. The van der Waals surface area contributed by atoms with Crippen molar-refractivity contribution in [3.63, 3.8) is 0 Å². The second-order valence-corrected chi connectivity index (χ2v) is 8.27. The summed E-state index contributed by atoms with van der Waals surface area (Å²) in [4.78, 5) is 24.8. The number of carbonyl (C=O) groups excluding carboxylic acids is 1. The Hall–Kier alpha value is -4.59. The van der Waals surface area contributed by atoms with Gasteiger partial charge < -0.3 is 11.5 Å². The number of benzene rings is 2. The van der Waals surface area contributed by atoms with Crippen molar-refractivity contribution in [1.29, 1.82) is 0 Å². The first-order chi connectivity index (χ1) is 16.4. The van der Waals surface area contributed by atoms with Gasteiger partial charge in [-0.1, -0.05) is 35.9 Å². The van der Waals surface area contributed by atoms with Crippen LogP contribution in [0.4, 0.5) is 5.82 Å². The summed E-state index contributed by atoms with van der Waals surface area (Å²) in [7, 11) is 0. The maximum Gasteiger partial charge on any atom is 0.239 e. The summed E-state index contributed by atoms with van der Waals surface area (Å²) in [6.45, 7) is 4.01. The second kappa shape index (κ2) is 8.40. The summed E-state index contributed by atoms with van der Waals surface area (Å²) in [5.74, 6) is -0.0943. The summed E-state index contributed by atoms with van der Waals surface area (Å²) in [5, 5.41) is 5.21. The Morgan fingerprint density at radius 1 is 0.941 bits per heavy atom. The van der Waals surface area contributed by atoms with E-state index in [9.17, 15) is 4.79 Å². The molecule has 0 bridgehead atoms. The number of aryl methyl sites for hydroxylation is 2. The summed E-state index contributed by atoms with van der Waals surface area (Å²) in [5.41, 5.74) is 19.8. The molecule has 168 valence electrons. The molecule has 0 aliphatic heterocycles. The highest BCUT2D eigenvalue weighted by Gasteiger charge is 2.17. The minimum Gasteiger partial charge on any atom is -0.383 e. The molecule has 1 amide bonds. The van der Waals surface area contributed by atoms with Crippen LogP contribution >= 0.6 is 0 Å². The van der Waals surface area contributed by atoms with E-state index in [1.807, 2.05) is 44.2 Å². The molecule has 34 heavy (non-hydrogen) atoms. The number of hydrogen-bond donors (Lipinski definition) is 2. The smallest absolute Gasteiger partial charge is 0.239 e. The molecule has 0 unspecified atom stereocenters. The van der Waals surface area contributed by atoms with Gasteiger partial charge >= 0.3 is 0 Å². The standard InChI is InChI=1S/C26H23N7O/c1-15-3-5-17(6-4-15)25-21(18-7-8-23-20(9-18)16(2)29-14-30-23)10-22(26(28)32-25)19-11-31-33(12-19)13-24(27)34/h3-12,14H,13H2,1-2H3,(H2,27,34)(H2,28,32). The Morgan fingerprint density at radius 3 is 2.47 bits per heavy atom. The first kappa shape index (κ1) is 21.3. The summed E-state index contributed by atoms with van der Waals surface area (Å²) >= 11 is 0. The number of anilines is 1. The fraction of sp³-hybridized carbons (Fsp3) is 0.115. The molecule has 0 spiro atoms. The van der Waals surface area contributed by atoms with Gasteiger partial charge in [-0.05, 0) is 37.6 Å². The zero-order chi connectivity index (χ0) is 23.8. The molecule has 2 aromatic carbocycles. The topological polar surface area (TPSA) is 126 Å². The molecule has 4 N–H and O–H groups in total. The van der Waals surface area contributed by atoms with Crippen LogP contribution in [-0.2, 0) is 11.3 Å². The van der Waals surface area contributed by atoms with Crippen molar-refractivity contribution in [2.75, 3.05) is 5.73 Å². The minimum absolute atomic E-state index is 0.00834. The molecule has 8 nitrogen and oxygen atoms in total. The quantitative estimate of drug-likeness (QED) is 0.419. The van der Waals surface area contributed by atoms with Crippen LogP contribution in [0.3, 0.4) is 0 Å². The minimum atomic E-state index is -0.468. The molecule has 5 rings (SSSR count). The van der Waals surface area contributed by atoms with Crippen LogP contribution in [0.2, 0.25) is 0 Å². The highest BCUT2D eigenvalue weighted by Crippen LogP contribution is 2.38. The highest BCUT2D eigenvalue weighted by molar-refractivity contribution is 5.92. The average molecular weight is 450 g/mol. The predicted octanol–water partition coefficient (Wildman–Crippen LogP) is 3.91. The predicted molar refractivity (Wildman–Crippen MR) is 133 cm³/mol. The molecule has 0 fully saturated rings. The van der Waals surface area contributed by atoms with Crippen LogP contribution in [0.5, 0.6) is 0 Å². The van der Waals surface area contributed by atoms with Gasteiger partial charge in [0.25, 0.3) is 0 Å². The van der Waals surface area contributed by atoms with Gasteiger partial charge in [0, 0.05) is 39.5 Å². The Morgan fingerprint density at radius 2 is 1.71 bits per heavy atom. The van der Waals surface area contributed by atoms with Crippen LogP contribution in [-0.4, -0.2) is 30.6 Å². The number of fused-ring (bicyclic) bond motifs is 1. The lowest BCUT2D eigenvalue weighted by Crippen LogP contribution is -2.18. The van der Waals surface area contributed by atoms with Crippen molar-refractivity contribution in [2.24, 2.45) is 5.73 Å². The monoisotopic (exact) mass is 449 g/mol. The van der Waals surface area contributed by atoms with Crippen LogP contribution in [0.15, 0.2) is 67.3 Å². The number of rotatable bonds is 5. The number of primary amides is 1. The van der Waals surface area contributed by atoms with Crippen LogP contribution in [0, 0.1) is 13.8 Å². The normalized spacial score (nSPS) is 11.1. The van der Waals surface area contributed by atoms with Crippen LogP contribution in [0.1, 0.15) is 11.3 Å². The van der Waals surface area contributed by atoms with Crippen molar-refractivity contribution in [2.45, 2.75) is 20.4 Å². The second-order valence-electron chi connectivity index (χ2n) is 8.27. The van der Waals surface area contributed by atoms with Gasteiger partial charge in [0.15, 0.2) is 0 Å². The lowest BCUT2D eigenvalue weighted by Gasteiger charge is -2.14. The first-order valence-corrected chi connectivity index (χ1v) is 10.8. The zero-order valence-electron chi connectivity index (χ0n) is 18.9. The maximum atomic E-state index is 11.3. The van der Waals surface area contributed by atoms with E-state index in [4.69, 9.17) is 16.5 Å². The number of amides is 1. The molecule has 5 aromatic rings. The summed E-state index contributed by atoms with van der Waals surface area (Å²) in [6.07, 6.45) is 4.97. The molecule has 3 heterocycles. The zero-order valence-corrected chi connectivity index (χ0v) is 18.9. The molecule has 0 aliphatic carbocycles. The summed E-state index contributed by atoms with van der Waals surface area (Å²) < 4.78 is 1.49. The number of pyridine rings is 1. The largest absolute Gasteiger partial charge is 0.383 e. The fourth-order valence-electron chi connectivity index (χ4n) is 4.01. The van der Waals surface area contributed by atoms with Crippen LogP contribution < -0.4 is 11.5 Å². The molecule has 0 aliphatic rings. The third kappa shape index (κ3) is 3.97. The number of nitrogens with zero attached hydrogens (tertiary/aromatic N) is 5. The molecule has 8 heteroatoms. The van der Waals surface area contributed by atoms with Crippen molar-refractivity contribution < 1.29 is 4.79 Å². The molecule has 0 atom stereocenters. The van der Waals surface area contributed by atoms with Gasteiger partial charge in [-0.25, -0.2) is 15.0 Å². The Kier molecular flexibility index (Phi) is 5.25. The molecular weight excluding hydrogens is 426 g/mol. The van der Waals surface area contributed by atoms with Gasteiger partial charge in [0.1, 0.15) is 18.7 Å². The van der Waals surface area contributed by atoms with E-state index in [1.54, 1.807) is 18.7 Å². The van der Waals surface area contributed by atoms with E-state index in [0.29, 0.717) is 5.82 Å². The first-order valence-electron chi connectivity index (χ1n) is 10.8. The molecule has 0 saturated carbocycles. The van der Waals surface area contributed by atoms with Crippen LogP contribution in [0.25, 0.3) is 44.4 Å². The average Bonchev–Trinajstić information content (AvgIpc) is 3.27. The third-order valence-electron chi connectivity index (χ3n) is 5.78. The van der Waals surface area contributed by atoms with E-state index < -0.39 is 5.91 Å². The van der Waals surface area contributed by atoms with Crippen molar-refractivity contribution >= 4 is 22.6 Å². The van der Waals surface area contributed by atoms with Gasteiger partial charge in [-0.2, -0.15) is 5.10 Å². The van der Waals surface area contributed by atoms with E-state index in [2.05, 4.69) is 33.3 Å². The van der Waals surface area contributed by atoms with E-state index in [-0.39, 0.29) is 6.54 Å². The molecule has 0 radical (unpaired) electrons. The Bertz CT molecular complexity index is 1540. The van der Waals surface area contributed by atoms with Gasteiger partial charge in [-0.3, -0.25) is 9.48 Å². The number of carbonyl (C=O) groups is 1. The molecule has 3 aromatic heterocycles. The van der Waals surface area contributed by atoms with Gasteiger partial charge in [0.2, 0.25) is 5.91 Å². The Labute approximate surface area is 196 Å². The number of hydrogen-bond acceptors (Lipinski definition) is 6. The van der Waals surface area contributed by atoms with E-state index >= 15 is 0 Å². The van der Waals surface area contributed by atoms with E-state index in [0.717, 1.165) is 55.7 Å². The SMILES string of the molecule is Cc1ccc(-c2nc(N)c(-c3cnn(CC(N)=O)c3)cc2-c2ccc3ncnc(C)c3c2)cc1. The van der Waals surface area contributed by atoms with Gasteiger partial charge in [0.05, 0.1) is 17.4 Å². The number of nitrogen functional groups attached to an aromatic ring is 1. The number of nitrogens with two attached hydrogens (primary N) is 2. The van der Waals surface area contributed by atoms with Crippen molar-refractivity contribution in [3.8, 4) is 33.5 Å². The summed E-state index contributed by atoms with van der Waals surface area (Å²) in [6, 6.07) is 16.3. The van der Waals surface area contributed by atoms with E-state index in [1.165, 1.54) is 4.68 Å². The third-order valence-corrected chi connectivity index (χ3v) is 5.78. The molecule has 0 saturated heterocycles. The van der Waals surface area contributed by atoms with Gasteiger partial charge in [-0.15, -0.1) is 0 Å². The van der Waals surface area contributed by atoms with Crippen molar-refractivity contribution in [3.05, 3.63) is 78.5 Å². The Balaban J connectivity index is 1.72. The highest BCUT2D eigenvalue weighted by atomic mass is 16.1. The lowest BCUT2D eigenvalue weighted by atomic mass is 9.94. The molecular formula is C26H23N7O. The van der Waals surface area contributed by atoms with Crippen molar-refractivity contribution in [1.82, 2.24) is 24.7 Å². The lowest BCUT2D eigenvalue weighted by molar-refractivity contribution is -0.118.